The summed E-state index contributed by atoms with van der Waals surface area (Å²) in [6, 6.07) is 28.8. The Balaban J connectivity index is 1.51. The Morgan fingerprint density at radius 3 is 2.00 bits per heavy atom. The minimum atomic E-state index is -1.72. The van der Waals surface area contributed by atoms with Crippen molar-refractivity contribution in [3.63, 3.8) is 0 Å². The monoisotopic (exact) mass is 400 g/mol. The lowest BCUT2D eigenvalue weighted by molar-refractivity contribution is -0.137. The highest BCUT2D eigenvalue weighted by molar-refractivity contribution is 5.90. The molecule has 30 heavy (non-hydrogen) atoms. The van der Waals surface area contributed by atoms with Gasteiger partial charge in [-0.25, -0.2) is 0 Å². The summed E-state index contributed by atoms with van der Waals surface area (Å²) in [6.07, 6.45) is 1.93. The Kier molecular flexibility index (Phi) is 6.26. The molecule has 4 nitrogen and oxygen atoms in total. The molecule has 1 amide bonds. The minimum Gasteiger partial charge on any atom is -0.372 e. The quantitative estimate of drug-likeness (QED) is 0.663. The molecule has 1 atom stereocenters. The van der Waals surface area contributed by atoms with Crippen LogP contribution in [0.25, 0.3) is 0 Å². The molecule has 0 bridgehead atoms. The standard InChI is InChI=1S/C26H28N2O2/c29-25(26(30,22-13-6-2-7-14-22)23-15-8-3-9-16-23)27-24-17-10-18-28(20-24)19-21-11-4-1-5-12-21/h1-9,11-16,24,30H,10,17-20H2,(H,27,29). The molecule has 1 heterocycles. The smallest absolute Gasteiger partial charge is 0.261 e. The van der Waals surface area contributed by atoms with Gasteiger partial charge in [0.15, 0.2) is 5.60 Å². The van der Waals surface area contributed by atoms with Gasteiger partial charge in [-0.15, -0.1) is 0 Å². The maximum absolute atomic E-state index is 13.4. The first-order valence-corrected chi connectivity index (χ1v) is 10.6. The van der Waals surface area contributed by atoms with Crippen molar-refractivity contribution in [3.8, 4) is 0 Å². The fraction of sp³-hybridized carbons (Fsp3) is 0.269. The number of nitrogens with zero attached hydrogens (tertiary/aromatic N) is 1. The number of carbonyl (C=O) groups excluding carboxylic acids is 1. The van der Waals surface area contributed by atoms with Crippen molar-refractivity contribution in [3.05, 3.63) is 108 Å². The molecule has 1 unspecified atom stereocenters. The molecule has 154 valence electrons. The van der Waals surface area contributed by atoms with Crippen LogP contribution in [0.4, 0.5) is 0 Å². The van der Waals surface area contributed by atoms with Crippen LogP contribution in [0.1, 0.15) is 29.5 Å². The van der Waals surface area contributed by atoms with Crippen LogP contribution in [0.2, 0.25) is 0 Å². The van der Waals surface area contributed by atoms with Gasteiger partial charge in [-0.2, -0.15) is 0 Å². The van der Waals surface area contributed by atoms with Crippen LogP contribution in [-0.4, -0.2) is 35.0 Å². The van der Waals surface area contributed by atoms with Crippen LogP contribution in [-0.2, 0) is 16.9 Å². The third kappa shape index (κ3) is 4.45. The maximum Gasteiger partial charge on any atom is 0.261 e. The Morgan fingerprint density at radius 1 is 0.900 bits per heavy atom. The number of piperidine rings is 1. The van der Waals surface area contributed by atoms with Crippen LogP contribution in [0.3, 0.4) is 0 Å². The number of benzene rings is 3. The molecule has 0 aliphatic carbocycles. The second kappa shape index (κ2) is 9.24. The molecule has 3 aromatic rings. The van der Waals surface area contributed by atoms with Crippen molar-refractivity contribution in [1.29, 1.82) is 0 Å². The highest BCUT2D eigenvalue weighted by atomic mass is 16.3. The van der Waals surface area contributed by atoms with E-state index in [1.807, 2.05) is 42.5 Å². The summed E-state index contributed by atoms with van der Waals surface area (Å²) in [7, 11) is 0. The van der Waals surface area contributed by atoms with Gasteiger partial charge < -0.3 is 10.4 Å². The fourth-order valence-corrected chi connectivity index (χ4v) is 4.24. The third-order valence-corrected chi connectivity index (χ3v) is 5.80. The average Bonchev–Trinajstić information content (AvgIpc) is 2.80. The van der Waals surface area contributed by atoms with E-state index in [0.29, 0.717) is 11.1 Å². The van der Waals surface area contributed by atoms with Gasteiger partial charge in [0, 0.05) is 19.1 Å². The molecule has 4 heteroatoms. The molecular weight excluding hydrogens is 372 g/mol. The van der Waals surface area contributed by atoms with Crippen LogP contribution < -0.4 is 5.32 Å². The van der Waals surface area contributed by atoms with Crippen molar-refractivity contribution >= 4 is 5.91 Å². The zero-order valence-corrected chi connectivity index (χ0v) is 17.1. The number of likely N-dealkylation sites (tertiary alicyclic amines) is 1. The molecule has 1 aliphatic heterocycles. The fourth-order valence-electron chi connectivity index (χ4n) is 4.24. The second-order valence-corrected chi connectivity index (χ2v) is 7.98. The van der Waals surface area contributed by atoms with Crippen molar-refractivity contribution in [2.75, 3.05) is 13.1 Å². The molecule has 3 aromatic carbocycles. The number of hydrogen-bond acceptors (Lipinski definition) is 3. The number of nitrogens with one attached hydrogen (secondary N) is 1. The van der Waals surface area contributed by atoms with E-state index < -0.39 is 5.60 Å². The Labute approximate surface area is 178 Å². The zero-order valence-electron chi connectivity index (χ0n) is 17.1. The van der Waals surface area contributed by atoms with Gasteiger partial charge in [-0.05, 0) is 36.1 Å². The number of carbonyl (C=O) groups is 1. The lowest BCUT2D eigenvalue weighted by atomic mass is 9.85. The van der Waals surface area contributed by atoms with Gasteiger partial charge in [0.25, 0.3) is 5.91 Å². The summed E-state index contributed by atoms with van der Waals surface area (Å²) in [4.78, 5) is 15.8. The molecule has 0 saturated carbocycles. The topological polar surface area (TPSA) is 52.6 Å². The summed E-state index contributed by atoms with van der Waals surface area (Å²) in [5, 5.41) is 14.8. The molecule has 1 saturated heterocycles. The predicted octanol–water partition coefficient (Wildman–Crippen LogP) is 3.70. The first-order valence-electron chi connectivity index (χ1n) is 10.6. The van der Waals surface area contributed by atoms with E-state index >= 15 is 0 Å². The lowest BCUT2D eigenvalue weighted by Gasteiger charge is -2.36. The predicted molar refractivity (Wildman–Crippen MR) is 119 cm³/mol. The molecule has 4 rings (SSSR count). The highest BCUT2D eigenvalue weighted by Gasteiger charge is 2.41. The highest BCUT2D eigenvalue weighted by Crippen LogP contribution is 2.30. The number of hydrogen-bond donors (Lipinski definition) is 2. The Hall–Kier alpha value is -2.95. The molecule has 0 spiro atoms. The molecule has 0 aromatic heterocycles. The van der Waals surface area contributed by atoms with Crippen molar-refractivity contribution in [1.82, 2.24) is 10.2 Å². The molecule has 2 N–H and O–H groups in total. The summed E-state index contributed by atoms with van der Waals surface area (Å²) in [6.45, 7) is 2.66. The molecule has 1 aliphatic rings. The lowest BCUT2D eigenvalue weighted by Crippen LogP contribution is -2.53. The van der Waals surface area contributed by atoms with Crippen LogP contribution in [0.5, 0.6) is 0 Å². The number of aliphatic hydroxyl groups is 1. The van der Waals surface area contributed by atoms with E-state index in [9.17, 15) is 9.90 Å². The summed E-state index contributed by atoms with van der Waals surface area (Å²) in [5.74, 6) is -0.369. The zero-order chi connectivity index (χ0) is 20.8. The molecule has 0 radical (unpaired) electrons. The molecular formula is C26H28N2O2. The first kappa shape index (κ1) is 20.3. The summed E-state index contributed by atoms with van der Waals surface area (Å²) < 4.78 is 0. The van der Waals surface area contributed by atoms with Crippen molar-refractivity contribution in [2.24, 2.45) is 0 Å². The van der Waals surface area contributed by atoms with E-state index in [0.717, 1.165) is 32.5 Å². The van der Waals surface area contributed by atoms with Crippen LogP contribution >= 0.6 is 0 Å². The Morgan fingerprint density at radius 2 is 1.43 bits per heavy atom. The average molecular weight is 401 g/mol. The normalized spacial score (nSPS) is 17.4. The SMILES string of the molecule is O=C(NC1CCCN(Cc2ccccc2)C1)C(O)(c1ccccc1)c1ccccc1. The van der Waals surface area contributed by atoms with E-state index in [-0.39, 0.29) is 11.9 Å². The second-order valence-electron chi connectivity index (χ2n) is 7.98. The van der Waals surface area contributed by atoms with Crippen LogP contribution in [0.15, 0.2) is 91.0 Å². The van der Waals surface area contributed by atoms with Gasteiger partial charge in [-0.1, -0.05) is 91.0 Å². The largest absolute Gasteiger partial charge is 0.372 e. The Bertz CT molecular complexity index is 905. The number of amides is 1. The van der Waals surface area contributed by atoms with Crippen molar-refractivity contribution in [2.45, 2.75) is 31.0 Å². The van der Waals surface area contributed by atoms with Gasteiger partial charge in [0.1, 0.15) is 0 Å². The third-order valence-electron chi connectivity index (χ3n) is 5.80. The summed E-state index contributed by atoms with van der Waals surface area (Å²) >= 11 is 0. The maximum atomic E-state index is 13.4. The summed E-state index contributed by atoms with van der Waals surface area (Å²) in [5.41, 5.74) is 0.704. The van der Waals surface area contributed by atoms with E-state index in [4.69, 9.17) is 0 Å². The van der Waals surface area contributed by atoms with Gasteiger partial charge in [-0.3, -0.25) is 9.69 Å². The minimum absolute atomic E-state index is 0.00825. The number of rotatable bonds is 6. The van der Waals surface area contributed by atoms with E-state index in [1.165, 1.54) is 5.56 Å². The van der Waals surface area contributed by atoms with E-state index in [2.05, 4.69) is 34.5 Å². The molecule has 1 fully saturated rings. The van der Waals surface area contributed by atoms with Crippen molar-refractivity contribution < 1.29 is 9.90 Å². The van der Waals surface area contributed by atoms with Crippen LogP contribution in [0, 0.1) is 0 Å². The van der Waals surface area contributed by atoms with Gasteiger partial charge >= 0.3 is 0 Å². The van der Waals surface area contributed by atoms with E-state index in [1.54, 1.807) is 24.3 Å². The van der Waals surface area contributed by atoms with Gasteiger partial charge in [0.2, 0.25) is 0 Å². The first-order chi connectivity index (χ1) is 14.7. The van der Waals surface area contributed by atoms with Gasteiger partial charge in [0.05, 0.1) is 0 Å².